The molecule has 94 valence electrons. The Morgan fingerprint density at radius 2 is 2.24 bits per heavy atom. The normalized spacial score (nSPS) is 12.2. The average Bonchev–Trinajstić information content (AvgIpc) is 2.61. The maximum Gasteiger partial charge on any atom is 0.305 e. The molecule has 0 aliphatic heterocycles. The van der Waals surface area contributed by atoms with Crippen molar-refractivity contribution in [3.8, 4) is 0 Å². The first-order valence-electron chi connectivity index (χ1n) is 4.86. The number of nitrogens with zero attached hydrogens (tertiary/aromatic N) is 1. The van der Waals surface area contributed by atoms with Crippen molar-refractivity contribution in [3.05, 3.63) is 21.3 Å². The molecule has 1 aromatic heterocycles. The standard InChI is InChI=1S/C10H13ClN2O3S/c1-13(5-6-2-3-8(11)17-6)10(16)7(12)4-9(14)15/h2-3,7H,4-5,12H2,1H3,(H,14,15). The summed E-state index contributed by atoms with van der Waals surface area (Å²) in [5.74, 6) is -1.48. The minimum absolute atomic E-state index is 0.367. The van der Waals surface area contributed by atoms with E-state index in [0.717, 1.165) is 4.88 Å². The highest BCUT2D eigenvalue weighted by atomic mass is 35.5. The third-order valence-corrected chi connectivity index (χ3v) is 3.33. The lowest BCUT2D eigenvalue weighted by atomic mass is 10.2. The van der Waals surface area contributed by atoms with Crippen LogP contribution in [0.4, 0.5) is 0 Å². The number of carbonyl (C=O) groups excluding carboxylic acids is 1. The van der Waals surface area contributed by atoms with Gasteiger partial charge >= 0.3 is 5.97 Å². The van der Waals surface area contributed by atoms with Crippen LogP contribution in [0.25, 0.3) is 0 Å². The molecule has 1 aromatic rings. The predicted octanol–water partition coefficient (Wildman–Crippen LogP) is 1.16. The van der Waals surface area contributed by atoms with Gasteiger partial charge in [-0.05, 0) is 12.1 Å². The zero-order valence-electron chi connectivity index (χ0n) is 9.22. The van der Waals surface area contributed by atoms with Crippen molar-refractivity contribution >= 4 is 34.8 Å². The summed E-state index contributed by atoms with van der Waals surface area (Å²) in [5, 5.41) is 8.54. The highest BCUT2D eigenvalue weighted by Crippen LogP contribution is 2.22. The highest BCUT2D eigenvalue weighted by Gasteiger charge is 2.21. The second kappa shape index (κ2) is 6.00. The van der Waals surface area contributed by atoms with Crippen molar-refractivity contribution in [1.82, 2.24) is 4.90 Å². The Kier molecular flexibility index (Phi) is 4.92. The van der Waals surface area contributed by atoms with E-state index >= 15 is 0 Å². The molecule has 0 aliphatic carbocycles. The van der Waals surface area contributed by atoms with Crippen LogP contribution in [0.3, 0.4) is 0 Å². The van der Waals surface area contributed by atoms with Gasteiger partial charge in [0.1, 0.15) is 0 Å². The number of likely N-dealkylation sites (N-methyl/N-ethyl adjacent to an activating group) is 1. The zero-order chi connectivity index (χ0) is 13.0. The van der Waals surface area contributed by atoms with Gasteiger partial charge in [0.15, 0.2) is 0 Å². The molecule has 1 unspecified atom stereocenters. The Labute approximate surface area is 108 Å². The van der Waals surface area contributed by atoms with Gasteiger partial charge in [-0.1, -0.05) is 11.6 Å². The number of aliphatic carboxylic acids is 1. The summed E-state index contributed by atoms with van der Waals surface area (Å²) in [4.78, 5) is 24.5. The maximum absolute atomic E-state index is 11.7. The molecule has 0 radical (unpaired) electrons. The molecule has 5 nitrogen and oxygen atoms in total. The molecular formula is C10H13ClN2O3S. The van der Waals surface area contributed by atoms with Crippen LogP contribution < -0.4 is 5.73 Å². The first-order chi connectivity index (χ1) is 7.90. The number of carboxylic acid groups (broad SMARTS) is 1. The van der Waals surface area contributed by atoms with E-state index in [0.29, 0.717) is 10.9 Å². The number of hydrogen-bond donors (Lipinski definition) is 2. The first-order valence-corrected chi connectivity index (χ1v) is 6.06. The molecule has 7 heteroatoms. The maximum atomic E-state index is 11.7. The van der Waals surface area contributed by atoms with Gasteiger partial charge in [-0.15, -0.1) is 11.3 Å². The number of carbonyl (C=O) groups is 2. The van der Waals surface area contributed by atoms with Gasteiger partial charge < -0.3 is 15.7 Å². The fourth-order valence-corrected chi connectivity index (χ4v) is 2.45. The van der Waals surface area contributed by atoms with Gasteiger partial charge in [0.05, 0.1) is 23.3 Å². The van der Waals surface area contributed by atoms with E-state index in [-0.39, 0.29) is 6.42 Å². The summed E-state index contributed by atoms with van der Waals surface area (Å²) >= 11 is 7.14. The van der Waals surface area contributed by atoms with Crippen molar-refractivity contribution in [3.63, 3.8) is 0 Å². The lowest BCUT2D eigenvalue weighted by Gasteiger charge is -2.19. The van der Waals surface area contributed by atoms with E-state index in [9.17, 15) is 9.59 Å². The lowest BCUT2D eigenvalue weighted by Crippen LogP contribution is -2.42. The van der Waals surface area contributed by atoms with Crippen molar-refractivity contribution in [2.75, 3.05) is 7.05 Å². The third-order valence-electron chi connectivity index (χ3n) is 2.11. The van der Waals surface area contributed by atoms with Crippen LogP contribution in [-0.4, -0.2) is 35.0 Å². The average molecular weight is 277 g/mol. The second-order valence-electron chi connectivity index (χ2n) is 3.60. The minimum atomic E-state index is -1.08. The summed E-state index contributed by atoms with van der Waals surface area (Å²) in [6.07, 6.45) is -0.367. The van der Waals surface area contributed by atoms with Crippen LogP contribution in [0, 0.1) is 0 Å². The Hall–Kier alpha value is -1.11. The summed E-state index contributed by atoms with van der Waals surface area (Å²) in [7, 11) is 1.58. The van der Waals surface area contributed by atoms with Gasteiger partial charge in [0, 0.05) is 11.9 Å². The molecule has 0 aromatic carbocycles. The monoisotopic (exact) mass is 276 g/mol. The molecule has 1 atom stereocenters. The SMILES string of the molecule is CN(Cc1ccc(Cl)s1)C(=O)C(N)CC(=O)O. The topological polar surface area (TPSA) is 83.6 Å². The molecule has 0 bridgehead atoms. The number of amides is 1. The highest BCUT2D eigenvalue weighted by molar-refractivity contribution is 7.16. The zero-order valence-corrected chi connectivity index (χ0v) is 10.8. The molecule has 0 saturated carbocycles. The molecule has 0 aliphatic rings. The molecule has 1 rings (SSSR count). The fourth-order valence-electron chi connectivity index (χ4n) is 1.31. The van der Waals surface area contributed by atoms with Gasteiger partial charge in [0.25, 0.3) is 0 Å². The molecule has 17 heavy (non-hydrogen) atoms. The molecule has 0 saturated heterocycles. The number of thiophene rings is 1. The van der Waals surface area contributed by atoms with Crippen molar-refractivity contribution in [2.45, 2.75) is 19.0 Å². The number of nitrogens with two attached hydrogens (primary N) is 1. The third kappa shape index (κ3) is 4.33. The molecule has 0 spiro atoms. The van der Waals surface area contributed by atoms with E-state index in [2.05, 4.69) is 0 Å². The molecular weight excluding hydrogens is 264 g/mol. The number of rotatable bonds is 5. The van der Waals surface area contributed by atoms with Crippen LogP contribution in [0.15, 0.2) is 12.1 Å². The van der Waals surface area contributed by atoms with E-state index in [1.807, 2.05) is 6.07 Å². The smallest absolute Gasteiger partial charge is 0.305 e. The van der Waals surface area contributed by atoms with E-state index in [4.69, 9.17) is 22.4 Å². The molecule has 3 N–H and O–H groups in total. The lowest BCUT2D eigenvalue weighted by molar-refractivity contribution is -0.141. The van der Waals surface area contributed by atoms with Crippen LogP contribution in [0.1, 0.15) is 11.3 Å². The Morgan fingerprint density at radius 3 is 2.71 bits per heavy atom. The summed E-state index contributed by atoms with van der Waals surface area (Å²) in [6.45, 7) is 0.379. The molecule has 1 amide bonds. The van der Waals surface area contributed by atoms with E-state index in [1.54, 1.807) is 13.1 Å². The van der Waals surface area contributed by atoms with Crippen molar-refractivity contribution in [1.29, 1.82) is 0 Å². The summed E-state index contributed by atoms with van der Waals surface area (Å²) < 4.78 is 0.649. The van der Waals surface area contributed by atoms with Crippen molar-refractivity contribution in [2.24, 2.45) is 5.73 Å². The quantitative estimate of drug-likeness (QED) is 0.845. The Balaban J connectivity index is 2.55. The number of carboxylic acids is 1. The van der Waals surface area contributed by atoms with Crippen molar-refractivity contribution < 1.29 is 14.7 Å². The van der Waals surface area contributed by atoms with E-state index < -0.39 is 17.9 Å². The second-order valence-corrected chi connectivity index (χ2v) is 5.40. The van der Waals surface area contributed by atoms with Gasteiger partial charge in [-0.3, -0.25) is 9.59 Å². The minimum Gasteiger partial charge on any atom is -0.481 e. The van der Waals surface area contributed by atoms with Crippen LogP contribution in [-0.2, 0) is 16.1 Å². The predicted molar refractivity (Wildman–Crippen MR) is 66.0 cm³/mol. The van der Waals surface area contributed by atoms with Gasteiger partial charge in [-0.25, -0.2) is 0 Å². The molecule has 1 heterocycles. The summed E-state index contributed by atoms with van der Waals surface area (Å²) in [5.41, 5.74) is 5.48. The number of hydrogen-bond acceptors (Lipinski definition) is 4. The van der Waals surface area contributed by atoms with Crippen LogP contribution in [0.2, 0.25) is 4.34 Å². The van der Waals surface area contributed by atoms with Gasteiger partial charge in [-0.2, -0.15) is 0 Å². The molecule has 0 fully saturated rings. The van der Waals surface area contributed by atoms with Crippen LogP contribution in [0.5, 0.6) is 0 Å². The largest absolute Gasteiger partial charge is 0.481 e. The fraction of sp³-hybridized carbons (Fsp3) is 0.400. The Morgan fingerprint density at radius 1 is 1.59 bits per heavy atom. The summed E-state index contributed by atoms with van der Waals surface area (Å²) in [6, 6.07) is 2.56. The van der Waals surface area contributed by atoms with Crippen LogP contribution >= 0.6 is 22.9 Å². The van der Waals surface area contributed by atoms with Gasteiger partial charge in [0.2, 0.25) is 5.91 Å². The Bertz CT molecular complexity index is 421. The van der Waals surface area contributed by atoms with E-state index in [1.165, 1.54) is 16.2 Å². The number of halogens is 1. The first kappa shape index (κ1) is 14.0.